The summed E-state index contributed by atoms with van der Waals surface area (Å²) in [7, 11) is 0. The van der Waals surface area contributed by atoms with Crippen LogP contribution < -0.4 is 0 Å². The first kappa shape index (κ1) is 9.32. The van der Waals surface area contributed by atoms with E-state index in [1.165, 1.54) is 0 Å². The number of aliphatic carboxylic acids is 1. The fourth-order valence-corrected chi connectivity index (χ4v) is 0.906. The highest BCUT2D eigenvalue weighted by atomic mass is 16.4. The van der Waals surface area contributed by atoms with Gasteiger partial charge in [-0.25, -0.2) is 0 Å². The summed E-state index contributed by atoms with van der Waals surface area (Å²) in [6.07, 6.45) is 1.70. The predicted octanol–water partition coefficient (Wildman–Crippen LogP) is 2.52. The van der Waals surface area contributed by atoms with Gasteiger partial charge in [-0.1, -0.05) is 18.2 Å². The van der Waals surface area contributed by atoms with E-state index in [4.69, 9.17) is 14.3 Å². The maximum atomic E-state index is 9.00. The summed E-state index contributed by atoms with van der Waals surface area (Å²) in [4.78, 5) is 9.00. The van der Waals surface area contributed by atoms with E-state index < -0.39 is 5.97 Å². The molecule has 3 heteroatoms. The van der Waals surface area contributed by atoms with Crippen molar-refractivity contribution >= 4 is 16.9 Å². The molecule has 1 heterocycles. The first-order valence-electron chi connectivity index (χ1n) is 3.82. The number of furan rings is 1. The van der Waals surface area contributed by atoms with Crippen LogP contribution in [0.4, 0.5) is 0 Å². The third-order valence-electron chi connectivity index (χ3n) is 1.36. The first-order chi connectivity index (χ1) is 6.20. The van der Waals surface area contributed by atoms with Crippen molar-refractivity contribution in [1.29, 1.82) is 0 Å². The average molecular weight is 178 g/mol. The molecule has 68 valence electrons. The van der Waals surface area contributed by atoms with Crippen LogP contribution in [-0.4, -0.2) is 11.1 Å². The number of carboxylic acids is 1. The number of carboxylic acid groups (broad SMARTS) is 1. The highest BCUT2D eigenvalue weighted by molar-refractivity contribution is 5.76. The quantitative estimate of drug-likeness (QED) is 0.674. The molecule has 2 rings (SSSR count). The summed E-state index contributed by atoms with van der Waals surface area (Å²) in [5.41, 5.74) is 0.956. The number of hydrogen-bond acceptors (Lipinski definition) is 2. The molecule has 2 aromatic rings. The van der Waals surface area contributed by atoms with Gasteiger partial charge in [-0.05, 0) is 12.1 Å². The van der Waals surface area contributed by atoms with Gasteiger partial charge in [-0.2, -0.15) is 0 Å². The molecule has 0 fully saturated rings. The molecule has 1 aromatic carbocycles. The lowest BCUT2D eigenvalue weighted by atomic mass is 10.3. The van der Waals surface area contributed by atoms with Crippen molar-refractivity contribution in [3.8, 4) is 0 Å². The van der Waals surface area contributed by atoms with Gasteiger partial charge in [-0.15, -0.1) is 0 Å². The van der Waals surface area contributed by atoms with Gasteiger partial charge in [-0.3, -0.25) is 4.79 Å². The van der Waals surface area contributed by atoms with Gasteiger partial charge in [0, 0.05) is 12.3 Å². The van der Waals surface area contributed by atoms with E-state index in [-0.39, 0.29) is 0 Å². The molecule has 13 heavy (non-hydrogen) atoms. The SMILES string of the molecule is CC(=O)O.c1ccc2occc2c1. The summed E-state index contributed by atoms with van der Waals surface area (Å²) >= 11 is 0. The number of carbonyl (C=O) groups is 1. The van der Waals surface area contributed by atoms with Crippen LogP contribution in [0.1, 0.15) is 6.92 Å². The number of benzene rings is 1. The van der Waals surface area contributed by atoms with Gasteiger partial charge in [0.15, 0.2) is 0 Å². The molecule has 0 aliphatic heterocycles. The van der Waals surface area contributed by atoms with Crippen molar-refractivity contribution in [2.24, 2.45) is 0 Å². The molecule has 0 aliphatic carbocycles. The van der Waals surface area contributed by atoms with Crippen molar-refractivity contribution in [1.82, 2.24) is 0 Å². The number of rotatable bonds is 0. The minimum atomic E-state index is -0.833. The van der Waals surface area contributed by atoms with E-state index in [1.54, 1.807) is 6.26 Å². The van der Waals surface area contributed by atoms with Gasteiger partial charge < -0.3 is 9.52 Å². The zero-order valence-electron chi connectivity index (χ0n) is 7.23. The van der Waals surface area contributed by atoms with Crippen LogP contribution in [-0.2, 0) is 4.79 Å². The van der Waals surface area contributed by atoms with Gasteiger partial charge >= 0.3 is 0 Å². The van der Waals surface area contributed by atoms with Crippen LogP contribution in [0, 0.1) is 0 Å². The van der Waals surface area contributed by atoms with Crippen LogP contribution in [0.25, 0.3) is 11.0 Å². The second-order valence-electron chi connectivity index (χ2n) is 2.48. The molecule has 0 radical (unpaired) electrons. The monoisotopic (exact) mass is 178 g/mol. The molecule has 1 aromatic heterocycles. The van der Waals surface area contributed by atoms with Crippen molar-refractivity contribution < 1.29 is 14.3 Å². The maximum Gasteiger partial charge on any atom is 0.300 e. The molecule has 0 saturated carbocycles. The van der Waals surface area contributed by atoms with Gasteiger partial charge in [0.25, 0.3) is 5.97 Å². The van der Waals surface area contributed by atoms with Crippen LogP contribution in [0.5, 0.6) is 0 Å². The smallest absolute Gasteiger partial charge is 0.300 e. The van der Waals surface area contributed by atoms with Crippen LogP contribution >= 0.6 is 0 Å². The van der Waals surface area contributed by atoms with Gasteiger partial charge in [0.05, 0.1) is 6.26 Å². The Kier molecular flexibility index (Phi) is 3.09. The van der Waals surface area contributed by atoms with Crippen molar-refractivity contribution in [3.63, 3.8) is 0 Å². The summed E-state index contributed by atoms with van der Waals surface area (Å²) in [5.74, 6) is -0.833. The van der Waals surface area contributed by atoms with Gasteiger partial charge in [0.2, 0.25) is 0 Å². The molecule has 3 nitrogen and oxygen atoms in total. The molecule has 0 spiro atoms. The molecule has 0 atom stereocenters. The summed E-state index contributed by atoms with van der Waals surface area (Å²) in [5, 5.41) is 8.58. The lowest BCUT2D eigenvalue weighted by molar-refractivity contribution is -0.134. The maximum absolute atomic E-state index is 9.00. The van der Waals surface area contributed by atoms with Crippen LogP contribution in [0.3, 0.4) is 0 Å². The highest BCUT2D eigenvalue weighted by Crippen LogP contribution is 2.12. The molecular weight excluding hydrogens is 168 g/mol. The first-order valence-corrected chi connectivity index (χ1v) is 3.82. The number of para-hydroxylation sites is 1. The van der Waals surface area contributed by atoms with E-state index in [1.807, 2.05) is 30.3 Å². The molecular formula is C10H10O3. The number of fused-ring (bicyclic) bond motifs is 1. The molecule has 0 saturated heterocycles. The summed E-state index contributed by atoms with van der Waals surface area (Å²) in [6.45, 7) is 1.08. The minimum Gasteiger partial charge on any atom is -0.481 e. The Hall–Kier alpha value is -1.77. The van der Waals surface area contributed by atoms with Crippen LogP contribution in [0.15, 0.2) is 41.0 Å². The molecule has 0 aliphatic rings. The summed E-state index contributed by atoms with van der Waals surface area (Å²) < 4.78 is 5.12. The van der Waals surface area contributed by atoms with Crippen molar-refractivity contribution in [2.75, 3.05) is 0 Å². The Morgan fingerprint density at radius 3 is 2.54 bits per heavy atom. The zero-order valence-corrected chi connectivity index (χ0v) is 7.23. The predicted molar refractivity (Wildman–Crippen MR) is 49.5 cm³/mol. The van der Waals surface area contributed by atoms with E-state index in [9.17, 15) is 0 Å². The Labute approximate surface area is 75.6 Å². The second-order valence-corrected chi connectivity index (χ2v) is 2.48. The van der Waals surface area contributed by atoms with E-state index in [0.717, 1.165) is 17.9 Å². The van der Waals surface area contributed by atoms with E-state index in [2.05, 4.69) is 0 Å². The fraction of sp³-hybridized carbons (Fsp3) is 0.100. The van der Waals surface area contributed by atoms with E-state index >= 15 is 0 Å². The van der Waals surface area contributed by atoms with Gasteiger partial charge in [0.1, 0.15) is 5.58 Å². The molecule has 1 N–H and O–H groups in total. The number of hydrogen-bond donors (Lipinski definition) is 1. The Balaban J connectivity index is 0.000000184. The van der Waals surface area contributed by atoms with E-state index in [0.29, 0.717) is 0 Å². The highest BCUT2D eigenvalue weighted by Gasteiger charge is 1.89. The molecule has 0 bridgehead atoms. The zero-order chi connectivity index (χ0) is 9.68. The van der Waals surface area contributed by atoms with Crippen molar-refractivity contribution in [3.05, 3.63) is 36.6 Å². The second kappa shape index (κ2) is 4.30. The fourth-order valence-electron chi connectivity index (χ4n) is 0.906. The Morgan fingerprint density at radius 1 is 1.31 bits per heavy atom. The Morgan fingerprint density at radius 2 is 1.92 bits per heavy atom. The summed E-state index contributed by atoms with van der Waals surface area (Å²) in [6, 6.07) is 9.90. The topological polar surface area (TPSA) is 50.4 Å². The molecule has 0 amide bonds. The lowest BCUT2D eigenvalue weighted by Gasteiger charge is -1.81. The third-order valence-corrected chi connectivity index (χ3v) is 1.36. The normalized spacial score (nSPS) is 9.00. The lowest BCUT2D eigenvalue weighted by Crippen LogP contribution is -1.78. The molecule has 0 unspecified atom stereocenters. The average Bonchev–Trinajstić information content (AvgIpc) is 2.49. The van der Waals surface area contributed by atoms with Crippen molar-refractivity contribution in [2.45, 2.75) is 6.92 Å². The largest absolute Gasteiger partial charge is 0.481 e. The standard InChI is InChI=1S/C8H6O.C2H4O2/c1-2-4-8-7(3-1)5-6-9-8;1-2(3)4/h1-6H;1H3,(H,3,4). The third kappa shape index (κ3) is 2.99. The minimum absolute atomic E-state index is 0.833. The van der Waals surface area contributed by atoms with Crippen LogP contribution in [0.2, 0.25) is 0 Å². The Bertz CT molecular complexity index is 355.